The summed E-state index contributed by atoms with van der Waals surface area (Å²) in [7, 11) is 0. The van der Waals surface area contributed by atoms with Crippen molar-refractivity contribution in [3.8, 4) is 0 Å². The fourth-order valence-electron chi connectivity index (χ4n) is 1.50. The number of nitrogens with zero attached hydrogens (tertiary/aromatic N) is 1. The first-order chi connectivity index (χ1) is 7.13. The highest BCUT2D eigenvalue weighted by Gasteiger charge is 2.16. The second-order valence-electron chi connectivity index (χ2n) is 4.12. The molecule has 0 amide bonds. The first-order valence-corrected chi connectivity index (χ1v) is 6.32. The van der Waals surface area contributed by atoms with Gasteiger partial charge in [0, 0.05) is 17.1 Å². The van der Waals surface area contributed by atoms with E-state index in [4.69, 9.17) is 5.73 Å². The lowest BCUT2D eigenvalue weighted by Crippen LogP contribution is -2.31. The van der Waals surface area contributed by atoms with Crippen LogP contribution >= 0.6 is 11.3 Å². The fraction of sp³-hybridized carbons (Fsp3) is 0.727. The summed E-state index contributed by atoms with van der Waals surface area (Å²) in [5.74, 6) is 0.331. The standard InChI is InChI=1S/C11H20N2OS/c1-3-8(2)11(14)5-9(12)4-10-6-13-7-15-10/h6-9,11,14H,3-5,12H2,1-2H3. The van der Waals surface area contributed by atoms with Gasteiger partial charge in [-0.3, -0.25) is 4.98 Å². The quantitative estimate of drug-likeness (QED) is 0.780. The molecule has 1 rings (SSSR count). The zero-order valence-electron chi connectivity index (χ0n) is 9.39. The Morgan fingerprint density at radius 1 is 1.60 bits per heavy atom. The van der Waals surface area contributed by atoms with Crippen molar-refractivity contribution in [3.05, 3.63) is 16.6 Å². The summed E-state index contributed by atoms with van der Waals surface area (Å²) in [6, 6.07) is 0.0365. The number of aliphatic hydroxyl groups is 1. The van der Waals surface area contributed by atoms with Crippen molar-refractivity contribution in [2.45, 2.75) is 45.3 Å². The molecule has 86 valence electrons. The molecular formula is C11H20N2OS. The van der Waals surface area contributed by atoms with Gasteiger partial charge in [-0.2, -0.15) is 0 Å². The van der Waals surface area contributed by atoms with E-state index in [-0.39, 0.29) is 12.1 Å². The van der Waals surface area contributed by atoms with E-state index >= 15 is 0 Å². The van der Waals surface area contributed by atoms with E-state index in [1.54, 1.807) is 11.3 Å². The Labute approximate surface area is 95.3 Å². The van der Waals surface area contributed by atoms with Gasteiger partial charge in [0.15, 0.2) is 0 Å². The molecule has 0 fully saturated rings. The molecule has 1 aromatic heterocycles. The van der Waals surface area contributed by atoms with Crippen LogP contribution in [0.3, 0.4) is 0 Å². The molecule has 0 aliphatic carbocycles. The van der Waals surface area contributed by atoms with Gasteiger partial charge in [0.2, 0.25) is 0 Å². The zero-order chi connectivity index (χ0) is 11.3. The number of thiazole rings is 1. The highest BCUT2D eigenvalue weighted by atomic mass is 32.1. The van der Waals surface area contributed by atoms with Crippen molar-refractivity contribution >= 4 is 11.3 Å². The lowest BCUT2D eigenvalue weighted by Gasteiger charge is -2.20. The van der Waals surface area contributed by atoms with Gasteiger partial charge in [0.05, 0.1) is 11.6 Å². The van der Waals surface area contributed by atoms with Crippen LogP contribution in [0.5, 0.6) is 0 Å². The lowest BCUT2D eigenvalue weighted by atomic mass is 9.95. The number of hydrogen-bond acceptors (Lipinski definition) is 4. The Morgan fingerprint density at radius 2 is 2.33 bits per heavy atom. The maximum atomic E-state index is 9.82. The molecular weight excluding hydrogens is 208 g/mol. The summed E-state index contributed by atoms with van der Waals surface area (Å²) in [6.45, 7) is 4.15. The van der Waals surface area contributed by atoms with Gasteiger partial charge >= 0.3 is 0 Å². The molecule has 0 spiro atoms. The van der Waals surface area contributed by atoms with E-state index in [0.717, 1.165) is 12.8 Å². The number of rotatable bonds is 6. The first kappa shape index (κ1) is 12.6. The van der Waals surface area contributed by atoms with E-state index in [1.165, 1.54) is 4.88 Å². The SMILES string of the molecule is CCC(C)C(O)CC(N)Cc1cncs1. The summed E-state index contributed by atoms with van der Waals surface area (Å²) >= 11 is 1.62. The molecule has 3 atom stereocenters. The van der Waals surface area contributed by atoms with E-state index in [9.17, 15) is 5.11 Å². The third-order valence-electron chi connectivity index (χ3n) is 2.79. The van der Waals surface area contributed by atoms with E-state index < -0.39 is 0 Å². The van der Waals surface area contributed by atoms with Crippen LogP contribution in [0.25, 0.3) is 0 Å². The Kier molecular flexibility index (Phi) is 5.22. The smallest absolute Gasteiger partial charge is 0.0794 e. The summed E-state index contributed by atoms with van der Waals surface area (Å²) in [5, 5.41) is 9.82. The van der Waals surface area contributed by atoms with Crippen LogP contribution in [0.2, 0.25) is 0 Å². The van der Waals surface area contributed by atoms with Gasteiger partial charge in [-0.1, -0.05) is 20.3 Å². The van der Waals surface area contributed by atoms with Gasteiger partial charge in [-0.05, 0) is 18.8 Å². The summed E-state index contributed by atoms with van der Waals surface area (Å²) in [4.78, 5) is 5.20. The van der Waals surface area contributed by atoms with Gasteiger partial charge in [0.25, 0.3) is 0 Å². The van der Waals surface area contributed by atoms with Crippen LogP contribution in [0.1, 0.15) is 31.6 Å². The minimum atomic E-state index is -0.280. The minimum Gasteiger partial charge on any atom is -0.393 e. The summed E-state index contributed by atoms with van der Waals surface area (Å²) in [6.07, 6.45) is 4.05. The molecule has 1 aromatic rings. The van der Waals surface area contributed by atoms with E-state index in [1.807, 2.05) is 11.7 Å². The van der Waals surface area contributed by atoms with Crippen LogP contribution < -0.4 is 5.73 Å². The minimum absolute atomic E-state index is 0.0365. The third kappa shape index (κ3) is 4.28. The Balaban J connectivity index is 2.32. The third-order valence-corrected chi connectivity index (χ3v) is 3.59. The first-order valence-electron chi connectivity index (χ1n) is 5.44. The molecule has 0 bridgehead atoms. The number of aromatic nitrogens is 1. The van der Waals surface area contributed by atoms with Crippen molar-refractivity contribution in [1.82, 2.24) is 4.98 Å². The second-order valence-corrected chi connectivity index (χ2v) is 5.09. The van der Waals surface area contributed by atoms with E-state index in [2.05, 4.69) is 18.8 Å². The predicted octanol–water partition coefficient (Wildman–Crippen LogP) is 1.81. The number of hydrogen-bond donors (Lipinski definition) is 2. The molecule has 0 aromatic carbocycles. The highest BCUT2D eigenvalue weighted by molar-refractivity contribution is 7.09. The van der Waals surface area contributed by atoms with Crippen molar-refractivity contribution in [2.24, 2.45) is 11.7 Å². The van der Waals surface area contributed by atoms with E-state index in [0.29, 0.717) is 12.3 Å². The van der Waals surface area contributed by atoms with Crippen LogP contribution in [-0.4, -0.2) is 22.2 Å². The number of nitrogens with two attached hydrogens (primary N) is 1. The maximum Gasteiger partial charge on any atom is 0.0794 e. The molecule has 0 aliphatic rings. The van der Waals surface area contributed by atoms with Gasteiger partial charge in [-0.25, -0.2) is 0 Å². The molecule has 0 saturated carbocycles. The molecule has 15 heavy (non-hydrogen) atoms. The lowest BCUT2D eigenvalue weighted by molar-refractivity contribution is 0.0983. The van der Waals surface area contributed by atoms with Crippen molar-refractivity contribution < 1.29 is 5.11 Å². The zero-order valence-corrected chi connectivity index (χ0v) is 10.2. The number of aliphatic hydroxyl groups excluding tert-OH is 1. The molecule has 3 nitrogen and oxygen atoms in total. The van der Waals surface area contributed by atoms with Gasteiger partial charge in [-0.15, -0.1) is 11.3 Å². The highest BCUT2D eigenvalue weighted by Crippen LogP contribution is 2.15. The fourth-order valence-corrected chi connectivity index (χ4v) is 2.19. The predicted molar refractivity (Wildman–Crippen MR) is 63.9 cm³/mol. The van der Waals surface area contributed by atoms with Crippen molar-refractivity contribution in [3.63, 3.8) is 0 Å². The molecule has 4 heteroatoms. The van der Waals surface area contributed by atoms with Crippen molar-refractivity contribution in [2.75, 3.05) is 0 Å². The molecule has 0 saturated heterocycles. The Hall–Kier alpha value is -0.450. The van der Waals surface area contributed by atoms with Crippen LogP contribution in [0.4, 0.5) is 0 Å². The van der Waals surface area contributed by atoms with Gasteiger partial charge < -0.3 is 10.8 Å². The Bertz CT molecular complexity index is 264. The molecule has 0 aliphatic heterocycles. The summed E-state index contributed by atoms with van der Waals surface area (Å²) in [5.41, 5.74) is 7.79. The molecule has 0 radical (unpaired) electrons. The average molecular weight is 228 g/mol. The Morgan fingerprint density at radius 3 is 2.87 bits per heavy atom. The summed E-state index contributed by atoms with van der Waals surface area (Å²) < 4.78 is 0. The van der Waals surface area contributed by atoms with Crippen LogP contribution in [0, 0.1) is 5.92 Å². The largest absolute Gasteiger partial charge is 0.393 e. The monoisotopic (exact) mass is 228 g/mol. The van der Waals surface area contributed by atoms with Crippen molar-refractivity contribution in [1.29, 1.82) is 0 Å². The average Bonchev–Trinajstić information content (AvgIpc) is 2.68. The van der Waals surface area contributed by atoms with Crippen LogP contribution in [-0.2, 0) is 6.42 Å². The normalized spacial score (nSPS) is 17.3. The molecule has 3 N–H and O–H groups in total. The maximum absolute atomic E-state index is 9.82. The second kappa shape index (κ2) is 6.20. The topological polar surface area (TPSA) is 59.1 Å². The molecule has 3 unspecified atom stereocenters. The van der Waals surface area contributed by atoms with Gasteiger partial charge in [0.1, 0.15) is 0 Å². The molecule has 1 heterocycles. The van der Waals surface area contributed by atoms with Crippen LogP contribution in [0.15, 0.2) is 11.7 Å².